The van der Waals surface area contributed by atoms with Crippen molar-refractivity contribution in [1.29, 1.82) is 0 Å². The lowest BCUT2D eigenvalue weighted by atomic mass is 10.1. The fourth-order valence-corrected chi connectivity index (χ4v) is 3.18. The van der Waals surface area contributed by atoms with Crippen LogP contribution in [0.1, 0.15) is 30.5 Å². The third-order valence-electron chi connectivity index (χ3n) is 4.76. The van der Waals surface area contributed by atoms with E-state index < -0.39 is 0 Å². The smallest absolute Gasteiger partial charge is 0.250 e. The molecule has 6 nitrogen and oxygen atoms in total. The van der Waals surface area contributed by atoms with E-state index in [2.05, 4.69) is 28.8 Å². The minimum absolute atomic E-state index is 0. The van der Waals surface area contributed by atoms with Crippen molar-refractivity contribution in [2.75, 3.05) is 13.2 Å². The summed E-state index contributed by atoms with van der Waals surface area (Å²) < 4.78 is 7.39. The number of aromatic nitrogens is 1. The number of pyridine rings is 1. The molecule has 0 unspecified atom stereocenters. The minimum atomic E-state index is 0. The average molecular weight is 546 g/mol. The number of para-hydroxylation sites is 1. The van der Waals surface area contributed by atoms with Gasteiger partial charge in [0.1, 0.15) is 5.75 Å². The molecule has 0 saturated carbocycles. The first-order valence-electron chi connectivity index (χ1n) is 10.7. The van der Waals surface area contributed by atoms with E-state index in [4.69, 9.17) is 9.73 Å². The van der Waals surface area contributed by atoms with Crippen molar-refractivity contribution < 1.29 is 4.74 Å². The van der Waals surface area contributed by atoms with E-state index in [9.17, 15) is 4.79 Å². The van der Waals surface area contributed by atoms with Crippen LogP contribution in [0.2, 0.25) is 0 Å². The number of hydrogen-bond acceptors (Lipinski definition) is 3. The third-order valence-corrected chi connectivity index (χ3v) is 4.76. The first-order valence-corrected chi connectivity index (χ1v) is 10.7. The Morgan fingerprint density at radius 3 is 2.38 bits per heavy atom. The molecule has 1 heterocycles. The van der Waals surface area contributed by atoms with Crippen molar-refractivity contribution in [3.05, 3.63) is 100.0 Å². The number of ether oxygens (including phenoxy) is 1. The van der Waals surface area contributed by atoms with E-state index in [0.717, 1.165) is 34.9 Å². The molecule has 3 aromatic rings. The van der Waals surface area contributed by atoms with Gasteiger partial charge in [-0.15, -0.1) is 24.0 Å². The fraction of sp³-hybridized carbons (Fsp3) is 0.280. The van der Waals surface area contributed by atoms with Gasteiger partial charge in [0, 0.05) is 30.9 Å². The highest BCUT2D eigenvalue weighted by Gasteiger charge is 2.04. The van der Waals surface area contributed by atoms with Crippen molar-refractivity contribution in [1.82, 2.24) is 15.2 Å². The lowest BCUT2D eigenvalue weighted by molar-refractivity contribution is 0.336. The van der Waals surface area contributed by atoms with Crippen molar-refractivity contribution in [2.24, 2.45) is 4.99 Å². The van der Waals surface area contributed by atoms with Crippen molar-refractivity contribution in [2.45, 2.75) is 33.5 Å². The lowest BCUT2D eigenvalue weighted by Gasteiger charge is -2.14. The summed E-state index contributed by atoms with van der Waals surface area (Å²) in [7, 11) is 0. The minimum Gasteiger partial charge on any atom is -0.494 e. The van der Waals surface area contributed by atoms with Crippen molar-refractivity contribution in [3.63, 3.8) is 0 Å². The second-order valence-corrected chi connectivity index (χ2v) is 7.07. The zero-order chi connectivity index (χ0) is 21.9. The molecule has 0 amide bonds. The summed E-state index contributed by atoms with van der Waals surface area (Å²) in [6.07, 6.45) is 1.80. The Morgan fingerprint density at radius 2 is 1.66 bits per heavy atom. The Balaban J connectivity index is 0.00000363. The maximum atomic E-state index is 11.9. The molecular weight excluding hydrogens is 515 g/mol. The summed E-state index contributed by atoms with van der Waals surface area (Å²) in [5.41, 5.74) is 3.29. The van der Waals surface area contributed by atoms with Crippen LogP contribution in [-0.2, 0) is 19.6 Å². The maximum absolute atomic E-state index is 11.9. The zero-order valence-corrected chi connectivity index (χ0v) is 20.9. The number of aliphatic imine (C=N–C) groups is 1. The van der Waals surface area contributed by atoms with Gasteiger partial charge < -0.3 is 19.9 Å². The summed E-state index contributed by atoms with van der Waals surface area (Å²) in [5.74, 6) is 1.65. The largest absolute Gasteiger partial charge is 0.494 e. The summed E-state index contributed by atoms with van der Waals surface area (Å²) in [6, 6.07) is 21.4. The van der Waals surface area contributed by atoms with Gasteiger partial charge in [-0.25, -0.2) is 4.99 Å². The summed E-state index contributed by atoms with van der Waals surface area (Å²) >= 11 is 0. The molecule has 0 saturated heterocycles. The second-order valence-electron chi connectivity index (χ2n) is 7.07. The van der Waals surface area contributed by atoms with Gasteiger partial charge in [0.2, 0.25) is 0 Å². The first kappa shape index (κ1) is 25.5. The molecule has 0 aliphatic heterocycles. The van der Waals surface area contributed by atoms with Crippen LogP contribution < -0.4 is 20.9 Å². The molecule has 32 heavy (non-hydrogen) atoms. The topological polar surface area (TPSA) is 67.7 Å². The molecular formula is C25H31IN4O2. The number of rotatable bonds is 9. The van der Waals surface area contributed by atoms with E-state index in [-0.39, 0.29) is 29.5 Å². The zero-order valence-electron chi connectivity index (χ0n) is 18.6. The van der Waals surface area contributed by atoms with E-state index >= 15 is 0 Å². The summed E-state index contributed by atoms with van der Waals surface area (Å²) in [4.78, 5) is 16.6. The van der Waals surface area contributed by atoms with E-state index in [0.29, 0.717) is 26.2 Å². The maximum Gasteiger partial charge on any atom is 0.250 e. The molecule has 2 N–H and O–H groups in total. The van der Waals surface area contributed by atoms with Gasteiger partial charge in [-0.05, 0) is 37.1 Å². The molecule has 170 valence electrons. The molecule has 0 aliphatic carbocycles. The van der Waals surface area contributed by atoms with Gasteiger partial charge in [-0.2, -0.15) is 0 Å². The van der Waals surface area contributed by atoms with Gasteiger partial charge in [0.25, 0.3) is 5.56 Å². The molecule has 0 bridgehead atoms. The van der Waals surface area contributed by atoms with Gasteiger partial charge in [0.05, 0.1) is 19.7 Å². The van der Waals surface area contributed by atoms with Crippen LogP contribution in [0.5, 0.6) is 5.75 Å². The van der Waals surface area contributed by atoms with Gasteiger partial charge in [-0.3, -0.25) is 4.79 Å². The van der Waals surface area contributed by atoms with E-state index in [1.807, 2.05) is 50.2 Å². The quantitative estimate of drug-likeness (QED) is 0.240. The molecule has 0 atom stereocenters. The molecule has 2 aromatic carbocycles. The number of nitrogens with one attached hydrogen (secondary N) is 2. The Kier molecular flexibility index (Phi) is 10.8. The third kappa shape index (κ3) is 7.71. The van der Waals surface area contributed by atoms with Crippen LogP contribution in [0.4, 0.5) is 0 Å². The van der Waals surface area contributed by atoms with Gasteiger partial charge in [0.15, 0.2) is 5.96 Å². The Hall–Kier alpha value is -2.81. The van der Waals surface area contributed by atoms with Crippen LogP contribution >= 0.6 is 24.0 Å². The highest BCUT2D eigenvalue weighted by atomic mass is 127. The van der Waals surface area contributed by atoms with Crippen LogP contribution in [0.25, 0.3) is 0 Å². The SMILES string of the molecule is CCNC(=NCc1ccc(Cn2ccccc2=O)cc1)NCc1ccccc1OCC.I. The predicted octanol–water partition coefficient (Wildman–Crippen LogP) is 4.17. The fourth-order valence-electron chi connectivity index (χ4n) is 3.18. The van der Waals surface area contributed by atoms with Gasteiger partial charge >= 0.3 is 0 Å². The van der Waals surface area contributed by atoms with Crippen LogP contribution in [0.3, 0.4) is 0 Å². The van der Waals surface area contributed by atoms with Crippen molar-refractivity contribution in [3.8, 4) is 5.75 Å². The van der Waals surface area contributed by atoms with E-state index in [1.54, 1.807) is 22.9 Å². The number of hydrogen-bond donors (Lipinski definition) is 2. The lowest BCUT2D eigenvalue weighted by Crippen LogP contribution is -2.36. The molecule has 0 radical (unpaired) electrons. The highest BCUT2D eigenvalue weighted by Crippen LogP contribution is 2.17. The predicted molar refractivity (Wildman–Crippen MR) is 141 cm³/mol. The molecule has 0 aliphatic rings. The summed E-state index contributed by atoms with van der Waals surface area (Å²) in [5, 5.41) is 6.66. The number of nitrogens with zero attached hydrogens (tertiary/aromatic N) is 2. The number of benzene rings is 2. The van der Waals surface area contributed by atoms with Crippen LogP contribution in [-0.4, -0.2) is 23.7 Å². The first-order chi connectivity index (χ1) is 15.2. The van der Waals surface area contributed by atoms with Crippen LogP contribution in [0.15, 0.2) is 82.7 Å². The monoisotopic (exact) mass is 546 g/mol. The molecule has 3 rings (SSSR count). The van der Waals surface area contributed by atoms with Crippen LogP contribution in [0, 0.1) is 0 Å². The number of guanidine groups is 1. The van der Waals surface area contributed by atoms with Crippen molar-refractivity contribution >= 4 is 29.9 Å². The number of halogens is 1. The highest BCUT2D eigenvalue weighted by molar-refractivity contribution is 14.0. The molecule has 1 aromatic heterocycles. The Bertz CT molecular complexity index is 1050. The second kappa shape index (κ2) is 13.6. The molecule has 7 heteroatoms. The normalized spacial score (nSPS) is 10.9. The molecule has 0 spiro atoms. The Labute approximate surface area is 206 Å². The molecule has 0 fully saturated rings. The summed E-state index contributed by atoms with van der Waals surface area (Å²) in [6.45, 7) is 7.21. The Morgan fingerprint density at radius 1 is 0.938 bits per heavy atom. The van der Waals surface area contributed by atoms with E-state index in [1.165, 1.54) is 0 Å². The van der Waals surface area contributed by atoms with Gasteiger partial charge in [-0.1, -0.05) is 48.5 Å². The standard InChI is InChI=1S/C25H30N4O2.HI/c1-3-26-25(28-18-22-9-5-6-10-23(22)31-4-2)27-17-20-12-14-21(15-13-20)19-29-16-8-7-11-24(29)30;/h5-16H,3-4,17-19H2,1-2H3,(H2,26,27,28);1H. The average Bonchev–Trinajstić information content (AvgIpc) is 2.79.